The second-order valence-corrected chi connectivity index (χ2v) is 5.96. The van der Waals surface area contributed by atoms with Crippen molar-refractivity contribution in [2.45, 2.75) is 6.54 Å². The number of hydrogen-bond donors (Lipinski definition) is 1. The number of pyridine rings is 1. The molecule has 0 aliphatic heterocycles. The van der Waals surface area contributed by atoms with Gasteiger partial charge in [0, 0.05) is 16.7 Å². The van der Waals surface area contributed by atoms with Crippen molar-refractivity contribution >= 4 is 23.4 Å². The van der Waals surface area contributed by atoms with Crippen LogP contribution in [0.3, 0.4) is 0 Å². The van der Waals surface area contributed by atoms with Crippen molar-refractivity contribution in [3.05, 3.63) is 82.9 Å². The van der Waals surface area contributed by atoms with Gasteiger partial charge in [-0.15, -0.1) is 0 Å². The summed E-state index contributed by atoms with van der Waals surface area (Å²) in [7, 11) is 0. The van der Waals surface area contributed by atoms with E-state index in [1.54, 1.807) is 42.5 Å². The largest absolute Gasteiger partial charge is 0.351 e. The Balaban J connectivity index is 1.98. The smallest absolute Gasteiger partial charge is 0.320 e. The van der Waals surface area contributed by atoms with Crippen LogP contribution in [0.25, 0.3) is 11.3 Å². The summed E-state index contributed by atoms with van der Waals surface area (Å²) in [5.74, 6) is -1.18. The lowest BCUT2D eigenvalue weighted by Crippen LogP contribution is -2.35. The maximum absolute atomic E-state index is 13.5. The highest BCUT2D eigenvalue weighted by molar-refractivity contribution is 6.31. The van der Waals surface area contributed by atoms with Crippen molar-refractivity contribution in [2.24, 2.45) is 5.73 Å². The third kappa shape index (κ3) is 3.97. The van der Waals surface area contributed by atoms with E-state index in [0.717, 1.165) is 18.2 Å². The standard InChI is InChI=1S/C19H14ClF2N3O/c20-16-5-2-1-4-12(16)11-25(19(23)26)18-7-3-6-17(24-18)13-8-14(21)10-15(22)9-13/h1-10H,11H2,(H2,23,26). The lowest BCUT2D eigenvalue weighted by molar-refractivity contribution is 0.253. The number of aromatic nitrogens is 1. The fourth-order valence-corrected chi connectivity index (χ4v) is 2.70. The molecule has 0 fully saturated rings. The number of halogens is 3. The molecule has 0 radical (unpaired) electrons. The van der Waals surface area contributed by atoms with Crippen molar-refractivity contribution in [3.8, 4) is 11.3 Å². The number of nitrogens with two attached hydrogens (primary N) is 1. The Bertz CT molecular complexity index is 945. The maximum atomic E-state index is 13.5. The highest BCUT2D eigenvalue weighted by atomic mass is 35.5. The van der Waals surface area contributed by atoms with E-state index < -0.39 is 17.7 Å². The molecule has 1 heterocycles. The number of benzene rings is 2. The topological polar surface area (TPSA) is 59.2 Å². The first-order valence-electron chi connectivity index (χ1n) is 7.68. The molecule has 3 aromatic rings. The molecule has 1 aromatic heterocycles. The van der Waals surface area contributed by atoms with Crippen LogP contribution in [-0.4, -0.2) is 11.0 Å². The van der Waals surface area contributed by atoms with E-state index in [1.165, 1.54) is 4.90 Å². The maximum Gasteiger partial charge on any atom is 0.320 e. The van der Waals surface area contributed by atoms with Crippen LogP contribution in [-0.2, 0) is 6.54 Å². The van der Waals surface area contributed by atoms with Crippen molar-refractivity contribution in [1.82, 2.24) is 4.98 Å². The number of amides is 2. The van der Waals surface area contributed by atoms with Crippen LogP contribution < -0.4 is 10.6 Å². The minimum absolute atomic E-state index is 0.114. The van der Waals surface area contributed by atoms with Crippen molar-refractivity contribution in [3.63, 3.8) is 0 Å². The van der Waals surface area contributed by atoms with E-state index in [1.807, 2.05) is 0 Å². The summed E-state index contributed by atoms with van der Waals surface area (Å²) in [5.41, 5.74) is 6.75. The van der Waals surface area contributed by atoms with Gasteiger partial charge in [-0.1, -0.05) is 35.9 Å². The van der Waals surface area contributed by atoms with E-state index in [4.69, 9.17) is 17.3 Å². The zero-order chi connectivity index (χ0) is 18.7. The Morgan fingerprint density at radius 2 is 1.73 bits per heavy atom. The van der Waals surface area contributed by atoms with E-state index >= 15 is 0 Å². The number of primary amides is 1. The molecule has 2 aromatic carbocycles. The molecule has 0 unspecified atom stereocenters. The molecule has 0 saturated heterocycles. The van der Waals surface area contributed by atoms with Crippen molar-refractivity contribution < 1.29 is 13.6 Å². The van der Waals surface area contributed by atoms with Crippen LogP contribution in [0.1, 0.15) is 5.56 Å². The van der Waals surface area contributed by atoms with Gasteiger partial charge in [-0.25, -0.2) is 18.6 Å². The lowest BCUT2D eigenvalue weighted by atomic mass is 10.1. The molecule has 0 saturated carbocycles. The summed E-state index contributed by atoms with van der Waals surface area (Å²) in [6.07, 6.45) is 0. The number of rotatable bonds is 4. The molecule has 0 aliphatic rings. The summed E-state index contributed by atoms with van der Waals surface area (Å²) in [6.45, 7) is 0.114. The Hall–Kier alpha value is -2.99. The van der Waals surface area contributed by atoms with Gasteiger partial charge in [-0.2, -0.15) is 0 Å². The van der Waals surface area contributed by atoms with Crippen LogP contribution in [0.2, 0.25) is 5.02 Å². The second kappa shape index (κ2) is 7.49. The number of nitrogens with zero attached hydrogens (tertiary/aromatic N) is 2. The van der Waals surface area contributed by atoms with Gasteiger partial charge in [0.15, 0.2) is 0 Å². The van der Waals surface area contributed by atoms with Gasteiger partial charge in [0.25, 0.3) is 0 Å². The molecule has 7 heteroatoms. The van der Waals surface area contributed by atoms with E-state index in [9.17, 15) is 13.6 Å². The molecule has 3 rings (SSSR count). The van der Waals surface area contributed by atoms with Gasteiger partial charge in [-0.05, 0) is 35.9 Å². The van der Waals surface area contributed by atoms with Crippen LogP contribution >= 0.6 is 11.6 Å². The van der Waals surface area contributed by atoms with Gasteiger partial charge in [0.1, 0.15) is 17.5 Å². The van der Waals surface area contributed by atoms with Crippen LogP contribution in [0.15, 0.2) is 60.7 Å². The summed E-state index contributed by atoms with van der Waals surface area (Å²) in [6, 6.07) is 14.2. The number of anilines is 1. The first-order chi connectivity index (χ1) is 12.4. The molecular formula is C19H14ClF2N3O. The molecule has 0 aliphatic carbocycles. The van der Waals surface area contributed by atoms with Crippen molar-refractivity contribution in [1.29, 1.82) is 0 Å². The predicted molar refractivity (Wildman–Crippen MR) is 96.8 cm³/mol. The van der Waals surface area contributed by atoms with E-state index in [-0.39, 0.29) is 17.9 Å². The quantitative estimate of drug-likeness (QED) is 0.716. The third-order valence-corrected chi connectivity index (χ3v) is 4.09. The summed E-state index contributed by atoms with van der Waals surface area (Å²) in [5, 5.41) is 0.488. The number of carbonyl (C=O) groups excluding carboxylic acids is 1. The average molecular weight is 374 g/mol. The normalized spacial score (nSPS) is 10.6. The second-order valence-electron chi connectivity index (χ2n) is 5.55. The number of urea groups is 1. The summed E-state index contributed by atoms with van der Waals surface area (Å²) in [4.78, 5) is 17.5. The zero-order valence-corrected chi connectivity index (χ0v) is 14.3. The number of carbonyl (C=O) groups is 1. The Labute approximate surface area is 153 Å². The van der Waals surface area contributed by atoms with Crippen molar-refractivity contribution in [2.75, 3.05) is 4.90 Å². The van der Waals surface area contributed by atoms with E-state index in [0.29, 0.717) is 16.3 Å². The highest BCUT2D eigenvalue weighted by Gasteiger charge is 2.17. The SMILES string of the molecule is NC(=O)N(Cc1ccccc1Cl)c1cccc(-c2cc(F)cc(F)c2)n1. The molecule has 2 amide bonds. The molecule has 2 N–H and O–H groups in total. The van der Waals surface area contributed by atoms with Gasteiger partial charge >= 0.3 is 6.03 Å². The molecule has 0 bridgehead atoms. The van der Waals surface area contributed by atoms with E-state index in [2.05, 4.69) is 4.98 Å². The van der Waals surface area contributed by atoms with Crippen LogP contribution in [0.4, 0.5) is 19.4 Å². The first-order valence-corrected chi connectivity index (χ1v) is 8.06. The van der Waals surface area contributed by atoms with Gasteiger partial charge in [0.05, 0.1) is 12.2 Å². The summed E-state index contributed by atoms with van der Waals surface area (Å²) < 4.78 is 26.9. The molecule has 26 heavy (non-hydrogen) atoms. The highest BCUT2D eigenvalue weighted by Crippen LogP contribution is 2.25. The minimum Gasteiger partial charge on any atom is -0.351 e. The van der Waals surface area contributed by atoms with Gasteiger partial charge < -0.3 is 5.73 Å². The fourth-order valence-electron chi connectivity index (χ4n) is 2.50. The Kier molecular flexibility index (Phi) is 5.14. The molecular weight excluding hydrogens is 360 g/mol. The van der Waals surface area contributed by atoms with Gasteiger partial charge in [-0.3, -0.25) is 4.90 Å². The minimum atomic E-state index is -0.722. The third-order valence-electron chi connectivity index (χ3n) is 3.72. The first kappa shape index (κ1) is 17.8. The van der Waals surface area contributed by atoms with Gasteiger partial charge in [0.2, 0.25) is 0 Å². The Morgan fingerprint density at radius 3 is 2.38 bits per heavy atom. The number of hydrogen-bond acceptors (Lipinski definition) is 2. The molecule has 0 atom stereocenters. The monoisotopic (exact) mass is 373 g/mol. The lowest BCUT2D eigenvalue weighted by Gasteiger charge is -2.20. The van der Waals surface area contributed by atoms with Crippen LogP contribution in [0.5, 0.6) is 0 Å². The molecule has 132 valence electrons. The fraction of sp³-hybridized carbons (Fsp3) is 0.0526. The summed E-state index contributed by atoms with van der Waals surface area (Å²) >= 11 is 6.14. The average Bonchev–Trinajstić information content (AvgIpc) is 2.60. The zero-order valence-electron chi connectivity index (χ0n) is 13.5. The predicted octanol–water partition coefficient (Wildman–Crippen LogP) is 4.77. The molecule has 4 nitrogen and oxygen atoms in total. The Morgan fingerprint density at radius 1 is 1.04 bits per heavy atom. The van der Waals surface area contributed by atoms with Crippen LogP contribution in [0, 0.1) is 11.6 Å². The molecule has 0 spiro atoms.